The van der Waals surface area contributed by atoms with Gasteiger partial charge in [-0.15, -0.1) is 0 Å². The van der Waals surface area contributed by atoms with Gasteiger partial charge in [0.15, 0.2) is 5.75 Å². The molecule has 1 atom stereocenters. The van der Waals surface area contributed by atoms with Crippen molar-refractivity contribution >= 4 is 7.60 Å². The Balaban J connectivity index is 2.35. The molecule has 1 aromatic rings. The Morgan fingerprint density at radius 2 is 2.20 bits per heavy atom. The zero-order chi connectivity index (χ0) is 11.1. The van der Waals surface area contributed by atoms with Crippen LogP contribution in [0.25, 0.3) is 0 Å². The van der Waals surface area contributed by atoms with E-state index in [4.69, 9.17) is 9.05 Å². The van der Waals surface area contributed by atoms with Crippen LogP contribution >= 0.6 is 7.60 Å². The molecule has 82 valence electrons. The third kappa shape index (κ3) is 1.92. The lowest BCUT2D eigenvalue weighted by molar-refractivity contribution is 0.222. The SMILES string of the molecule is Cc1ccc2c(n1)COP(=O)(C(C)C)O2. The Hall–Kier alpha value is -0.860. The number of aryl methyl sites for hydroxylation is 1. The summed E-state index contributed by atoms with van der Waals surface area (Å²) in [4.78, 5) is 4.27. The molecule has 1 unspecified atom stereocenters. The normalized spacial score (nSPS) is 24.8. The van der Waals surface area contributed by atoms with Crippen LogP contribution in [-0.2, 0) is 15.7 Å². The standard InChI is InChI=1S/C10H14NO3P/c1-7(2)15(12)13-6-9-10(14-15)5-4-8(3)11-9/h4-5,7H,6H2,1-3H3. The van der Waals surface area contributed by atoms with E-state index in [1.807, 2.05) is 26.8 Å². The number of nitrogens with zero attached hydrogens (tertiary/aromatic N) is 1. The van der Waals surface area contributed by atoms with Gasteiger partial charge in [-0.2, -0.15) is 0 Å². The molecule has 2 heterocycles. The van der Waals surface area contributed by atoms with Crippen molar-refractivity contribution in [2.45, 2.75) is 33.0 Å². The first kappa shape index (κ1) is 10.7. The van der Waals surface area contributed by atoms with Gasteiger partial charge in [-0.1, -0.05) is 13.8 Å². The van der Waals surface area contributed by atoms with Crippen molar-refractivity contribution < 1.29 is 13.6 Å². The lowest BCUT2D eigenvalue weighted by Gasteiger charge is -2.27. The van der Waals surface area contributed by atoms with Crippen LogP contribution < -0.4 is 4.52 Å². The van der Waals surface area contributed by atoms with Crippen molar-refractivity contribution in [1.29, 1.82) is 0 Å². The van der Waals surface area contributed by atoms with Gasteiger partial charge in [0.1, 0.15) is 12.3 Å². The van der Waals surface area contributed by atoms with Crippen LogP contribution in [0.3, 0.4) is 0 Å². The summed E-state index contributed by atoms with van der Waals surface area (Å²) in [7, 11) is -2.97. The molecule has 2 rings (SSSR count). The minimum absolute atomic E-state index is 0.132. The van der Waals surface area contributed by atoms with Crippen molar-refractivity contribution in [2.75, 3.05) is 0 Å². The Bertz CT molecular complexity index is 431. The fourth-order valence-corrected chi connectivity index (χ4v) is 2.66. The number of hydrogen-bond donors (Lipinski definition) is 0. The average Bonchev–Trinajstić information content (AvgIpc) is 2.18. The van der Waals surface area contributed by atoms with Crippen molar-refractivity contribution in [3.8, 4) is 5.75 Å². The molecular weight excluding hydrogens is 213 g/mol. The summed E-state index contributed by atoms with van der Waals surface area (Å²) in [6.45, 7) is 5.82. The monoisotopic (exact) mass is 227 g/mol. The van der Waals surface area contributed by atoms with E-state index in [-0.39, 0.29) is 12.3 Å². The van der Waals surface area contributed by atoms with E-state index >= 15 is 0 Å². The van der Waals surface area contributed by atoms with Crippen LogP contribution in [-0.4, -0.2) is 10.6 Å². The fraction of sp³-hybridized carbons (Fsp3) is 0.500. The third-order valence-electron chi connectivity index (χ3n) is 2.31. The van der Waals surface area contributed by atoms with Crippen LogP contribution in [0.4, 0.5) is 0 Å². The molecule has 15 heavy (non-hydrogen) atoms. The Kier molecular flexibility index (Phi) is 2.57. The molecule has 1 aliphatic heterocycles. The molecule has 5 heteroatoms. The van der Waals surface area contributed by atoms with Crippen LogP contribution in [0.2, 0.25) is 0 Å². The van der Waals surface area contributed by atoms with Crippen LogP contribution in [0, 0.1) is 6.92 Å². The molecule has 0 bridgehead atoms. The van der Waals surface area contributed by atoms with Crippen LogP contribution in [0.5, 0.6) is 5.75 Å². The lowest BCUT2D eigenvalue weighted by Crippen LogP contribution is -2.15. The van der Waals surface area contributed by atoms with E-state index in [9.17, 15) is 4.57 Å². The van der Waals surface area contributed by atoms with E-state index in [0.717, 1.165) is 11.4 Å². The summed E-state index contributed by atoms with van der Waals surface area (Å²) < 4.78 is 22.8. The summed E-state index contributed by atoms with van der Waals surface area (Å²) in [6.07, 6.45) is 0. The van der Waals surface area contributed by atoms with Gasteiger partial charge in [0.25, 0.3) is 0 Å². The van der Waals surface area contributed by atoms with Crippen LogP contribution in [0.15, 0.2) is 12.1 Å². The highest BCUT2D eigenvalue weighted by atomic mass is 31.2. The van der Waals surface area contributed by atoms with Crippen molar-refractivity contribution in [2.24, 2.45) is 0 Å². The van der Waals surface area contributed by atoms with Crippen LogP contribution in [0.1, 0.15) is 25.2 Å². The number of fused-ring (bicyclic) bond motifs is 1. The van der Waals surface area contributed by atoms with E-state index in [1.54, 1.807) is 6.07 Å². The predicted molar refractivity (Wildman–Crippen MR) is 57.1 cm³/mol. The number of hydrogen-bond acceptors (Lipinski definition) is 4. The highest BCUT2D eigenvalue weighted by molar-refractivity contribution is 7.55. The van der Waals surface area contributed by atoms with E-state index < -0.39 is 7.60 Å². The van der Waals surface area contributed by atoms with E-state index in [1.165, 1.54) is 0 Å². The summed E-state index contributed by atoms with van der Waals surface area (Å²) in [6, 6.07) is 3.64. The van der Waals surface area contributed by atoms with Gasteiger partial charge in [-0.05, 0) is 19.1 Å². The quantitative estimate of drug-likeness (QED) is 0.692. The molecule has 0 spiro atoms. The second kappa shape index (κ2) is 3.62. The van der Waals surface area contributed by atoms with Gasteiger partial charge in [0.2, 0.25) is 0 Å². The maximum absolute atomic E-state index is 12.1. The molecule has 4 nitrogen and oxygen atoms in total. The van der Waals surface area contributed by atoms with Gasteiger partial charge >= 0.3 is 7.60 Å². The van der Waals surface area contributed by atoms with Gasteiger partial charge in [0, 0.05) is 5.69 Å². The molecule has 0 amide bonds. The smallest absolute Gasteiger partial charge is 0.382 e. The molecule has 0 fully saturated rings. The highest BCUT2D eigenvalue weighted by Gasteiger charge is 2.35. The molecule has 0 saturated heterocycles. The Morgan fingerprint density at radius 1 is 1.47 bits per heavy atom. The Morgan fingerprint density at radius 3 is 2.87 bits per heavy atom. The van der Waals surface area contributed by atoms with Gasteiger partial charge < -0.3 is 4.52 Å². The molecule has 0 saturated carbocycles. The maximum atomic E-state index is 12.1. The van der Waals surface area contributed by atoms with E-state index in [2.05, 4.69) is 4.98 Å². The molecule has 1 aliphatic rings. The summed E-state index contributed by atoms with van der Waals surface area (Å²) in [5.41, 5.74) is 1.50. The minimum Gasteiger partial charge on any atom is -0.422 e. The molecule has 0 aliphatic carbocycles. The minimum atomic E-state index is -2.97. The maximum Gasteiger partial charge on any atom is 0.382 e. The highest BCUT2D eigenvalue weighted by Crippen LogP contribution is 2.56. The summed E-state index contributed by atoms with van der Waals surface area (Å²) in [5, 5.41) is 0. The first-order chi connectivity index (χ1) is 7.01. The van der Waals surface area contributed by atoms with Gasteiger partial charge in [-0.25, -0.2) is 4.57 Å². The zero-order valence-electron chi connectivity index (χ0n) is 9.06. The van der Waals surface area contributed by atoms with E-state index in [0.29, 0.717) is 5.75 Å². The van der Waals surface area contributed by atoms with Crippen molar-refractivity contribution in [3.63, 3.8) is 0 Å². The Labute approximate surface area is 89.2 Å². The topological polar surface area (TPSA) is 48.4 Å². The average molecular weight is 227 g/mol. The number of rotatable bonds is 1. The summed E-state index contributed by atoms with van der Waals surface area (Å²) >= 11 is 0. The molecular formula is C10H14NO3P. The molecule has 0 radical (unpaired) electrons. The first-order valence-corrected chi connectivity index (χ1v) is 6.53. The van der Waals surface area contributed by atoms with Crippen molar-refractivity contribution in [3.05, 3.63) is 23.5 Å². The molecule has 0 N–H and O–H groups in total. The second-order valence-corrected chi connectivity index (χ2v) is 6.45. The second-order valence-electron chi connectivity index (χ2n) is 3.90. The summed E-state index contributed by atoms with van der Waals surface area (Å²) in [5.74, 6) is 0.587. The van der Waals surface area contributed by atoms with Gasteiger partial charge in [0.05, 0.1) is 5.66 Å². The number of pyridine rings is 1. The number of aromatic nitrogens is 1. The zero-order valence-corrected chi connectivity index (χ0v) is 9.95. The predicted octanol–water partition coefficient (Wildman–Crippen LogP) is 2.90. The fourth-order valence-electron chi connectivity index (χ4n) is 1.35. The van der Waals surface area contributed by atoms with Crippen molar-refractivity contribution in [1.82, 2.24) is 4.98 Å². The first-order valence-electron chi connectivity index (χ1n) is 4.91. The molecule has 1 aromatic heterocycles. The van der Waals surface area contributed by atoms with Gasteiger partial charge in [-0.3, -0.25) is 9.51 Å². The lowest BCUT2D eigenvalue weighted by atomic mass is 10.3. The third-order valence-corrected chi connectivity index (χ3v) is 4.52. The largest absolute Gasteiger partial charge is 0.422 e. The molecule has 0 aromatic carbocycles.